The molecule has 0 fully saturated rings. The first-order chi connectivity index (χ1) is 10.5. The summed E-state index contributed by atoms with van der Waals surface area (Å²) in [7, 11) is -3.79. The van der Waals surface area contributed by atoms with E-state index in [-0.39, 0.29) is 10.6 Å². The second-order valence-corrected chi connectivity index (χ2v) is 7.97. The van der Waals surface area contributed by atoms with E-state index in [4.69, 9.17) is 0 Å². The molecular formula is C16H15BrFNO2S. The summed E-state index contributed by atoms with van der Waals surface area (Å²) in [6.45, 7) is 0. The molecule has 0 unspecified atom stereocenters. The van der Waals surface area contributed by atoms with E-state index in [2.05, 4.69) is 20.7 Å². The van der Waals surface area contributed by atoms with Gasteiger partial charge in [-0.3, -0.25) is 4.72 Å². The molecule has 0 saturated carbocycles. The van der Waals surface area contributed by atoms with Crippen molar-refractivity contribution < 1.29 is 12.8 Å². The fourth-order valence-electron chi connectivity index (χ4n) is 2.65. The van der Waals surface area contributed by atoms with Crippen LogP contribution in [-0.4, -0.2) is 8.42 Å². The van der Waals surface area contributed by atoms with Crippen LogP contribution in [0.3, 0.4) is 0 Å². The van der Waals surface area contributed by atoms with Crippen LogP contribution in [0.4, 0.5) is 10.1 Å². The van der Waals surface area contributed by atoms with E-state index in [1.807, 2.05) is 6.07 Å². The van der Waals surface area contributed by atoms with E-state index >= 15 is 0 Å². The van der Waals surface area contributed by atoms with Gasteiger partial charge in [0.15, 0.2) is 0 Å². The smallest absolute Gasteiger partial charge is 0.261 e. The Kier molecular flexibility index (Phi) is 4.23. The number of hydrogen-bond donors (Lipinski definition) is 1. The molecule has 0 aliphatic heterocycles. The largest absolute Gasteiger partial charge is 0.277 e. The van der Waals surface area contributed by atoms with Gasteiger partial charge in [-0.1, -0.05) is 22.0 Å². The predicted octanol–water partition coefficient (Wildman–Crippen LogP) is 4.27. The number of anilines is 1. The topological polar surface area (TPSA) is 46.2 Å². The van der Waals surface area contributed by atoms with Gasteiger partial charge in [0.25, 0.3) is 10.0 Å². The molecular weight excluding hydrogens is 369 g/mol. The van der Waals surface area contributed by atoms with Crippen LogP contribution in [0.25, 0.3) is 0 Å². The van der Waals surface area contributed by atoms with E-state index in [0.717, 1.165) is 31.2 Å². The molecule has 6 heteroatoms. The Bertz CT molecular complexity index is 821. The number of benzene rings is 2. The van der Waals surface area contributed by atoms with Gasteiger partial charge in [0.05, 0.1) is 10.6 Å². The second kappa shape index (κ2) is 6.01. The third-order valence-electron chi connectivity index (χ3n) is 3.81. The second-order valence-electron chi connectivity index (χ2n) is 5.37. The van der Waals surface area contributed by atoms with Gasteiger partial charge in [0.2, 0.25) is 0 Å². The normalized spacial score (nSPS) is 14.5. The summed E-state index contributed by atoms with van der Waals surface area (Å²) in [5.74, 6) is -0.615. The van der Waals surface area contributed by atoms with Gasteiger partial charge in [-0.15, -0.1) is 0 Å². The maximum absolute atomic E-state index is 13.8. The molecule has 2 aromatic rings. The van der Waals surface area contributed by atoms with Crippen molar-refractivity contribution in [3.05, 3.63) is 57.8 Å². The molecule has 0 bridgehead atoms. The zero-order chi connectivity index (χ0) is 15.7. The highest BCUT2D eigenvalue weighted by atomic mass is 79.9. The molecule has 3 rings (SSSR count). The lowest BCUT2D eigenvalue weighted by atomic mass is 9.92. The van der Waals surface area contributed by atoms with Crippen LogP contribution in [0.15, 0.2) is 45.8 Å². The van der Waals surface area contributed by atoms with Crippen LogP contribution in [0.5, 0.6) is 0 Å². The average Bonchev–Trinajstić information content (AvgIpc) is 2.49. The van der Waals surface area contributed by atoms with Gasteiger partial charge in [-0.25, -0.2) is 12.8 Å². The van der Waals surface area contributed by atoms with Crippen LogP contribution < -0.4 is 4.72 Å². The molecule has 3 nitrogen and oxygen atoms in total. The molecule has 0 heterocycles. The van der Waals surface area contributed by atoms with Crippen molar-refractivity contribution in [2.75, 3.05) is 4.72 Å². The molecule has 0 spiro atoms. The highest BCUT2D eigenvalue weighted by Crippen LogP contribution is 2.26. The number of aryl methyl sites for hydroxylation is 2. The lowest BCUT2D eigenvalue weighted by molar-refractivity contribution is 0.597. The maximum atomic E-state index is 13.8. The van der Waals surface area contributed by atoms with E-state index < -0.39 is 15.8 Å². The highest BCUT2D eigenvalue weighted by Gasteiger charge is 2.19. The Hall–Kier alpha value is -1.40. The summed E-state index contributed by atoms with van der Waals surface area (Å²) < 4.78 is 41.6. The Morgan fingerprint density at radius 1 is 1.00 bits per heavy atom. The van der Waals surface area contributed by atoms with Gasteiger partial charge in [0.1, 0.15) is 5.82 Å². The first-order valence-corrected chi connectivity index (χ1v) is 9.33. The average molecular weight is 384 g/mol. The summed E-state index contributed by atoms with van der Waals surface area (Å²) in [5.41, 5.74) is 2.23. The molecule has 0 saturated heterocycles. The zero-order valence-corrected chi connectivity index (χ0v) is 14.2. The van der Waals surface area contributed by atoms with Crippen molar-refractivity contribution in [3.63, 3.8) is 0 Å². The van der Waals surface area contributed by atoms with Crippen molar-refractivity contribution >= 4 is 31.6 Å². The molecule has 0 atom stereocenters. The van der Waals surface area contributed by atoms with Crippen molar-refractivity contribution in [2.45, 2.75) is 30.6 Å². The molecule has 2 aromatic carbocycles. The van der Waals surface area contributed by atoms with Gasteiger partial charge >= 0.3 is 0 Å². The molecule has 1 aliphatic carbocycles. The molecule has 0 amide bonds. The quantitative estimate of drug-likeness (QED) is 0.859. The summed E-state index contributed by atoms with van der Waals surface area (Å²) >= 11 is 3.14. The van der Waals surface area contributed by atoms with Crippen LogP contribution >= 0.6 is 15.9 Å². The van der Waals surface area contributed by atoms with Gasteiger partial charge in [0, 0.05) is 4.47 Å². The predicted molar refractivity (Wildman–Crippen MR) is 88.0 cm³/mol. The van der Waals surface area contributed by atoms with Crippen molar-refractivity contribution in [1.82, 2.24) is 0 Å². The number of sulfonamides is 1. The minimum absolute atomic E-state index is 0.0547. The Morgan fingerprint density at radius 3 is 2.45 bits per heavy atom. The Balaban J connectivity index is 1.92. The Morgan fingerprint density at radius 2 is 1.73 bits per heavy atom. The van der Waals surface area contributed by atoms with Crippen LogP contribution in [0, 0.1) is 5.82 Å². The molecule has 1 N–H and O–H groups in total. The SMILES string of the molecule is O=S(=O)(Nc1ccc(Br)cc1F)c1ccc2c(c1)CCCC2. The monoisotopic (exact) mass is 383 g/mol. The molecule has 0 radical (unpaired) electrons. The lowest BCUT2D eigenvalue weighted by Crippen LogP contribution is -2.15. The highest BCUT2D eigenvalue weighted by molar-refractivity contribution is 9.10. The minimum Gasteiger partial charge on any atom is -0.277 e. The van der Waals surface area contributed by atoms with Crippen molar-refractivity contribution in [2.24, 2.45) is 0 Å². The maximum Gasteiger partial charge on any atom is 0.261 e. The third-order valence-corrected chi connectivity index (χ3v) is 5.66. The van der Waals surface area contributed by atoms with E-state index in [1.165, 1.54) is 17.7 Å². The molecule has 22 heavy (non-hydrogen) atoms. The number of rotatable bonds is 3. The number of nitrogens with one attached hydrogen (secondary N) is 1. The fourth-order valence-corrected chi connectivity index (χ4v) is 4.10. The molecule has 1 aliphatic rings. The van der Waals surface area contributed by atoms with Crippen LogP contribution in [0.2, 0.25) is 0 Å². The van der Waals surface area contributed by atoms with Crippen LogP contribution in [-0.2, 0) is 22.9 Å². The fraction of sp³-hybridized carbons (Fsp3) is 0.250. The van der Waals surface area contributed by atoms with Crippen molar-refractivity contribution in [1.29, 1.82) is 0 Å². The van der Waals surface area contributed by atoms with E-state index in [0.29, 0.717) is 4.47 Å². The van der Waals surface area contributed by atoms with Crippen molar-refractivity contribution in [3.8, 4) is 0 Å². The van der Waals surface area contributed by atoms with Gasteiger partial charge in [-0.2, -0.15) is 0 Å². The summed E-state index contributed by atoms with van der Waals surface area (Å²) in [4.78, 5) is 0.176. The van der Waals surface area contributed by atoms with E-state index in [1.54, 1.807) is 18.2 Å². The minimum atomic E-state index is -3.79. The molecule has 0 aromatic heterocycles. The summed E-state index contributed by atoms with van der Waals surface area (Å²) in [6, 6.07) is 9.37. The summed E-state index contributed by atoms with van der Waals surface area (Å²) in [5, 5.41) is 0. The third kappa shape index (κ3) is 3.17. The first-order valence-electron chi connectivity index (χ1n) is 7.05. The van der Waals surface area contributed by atoms with E-state index in [9.17, 15) is 12.8 Å². The zero-order valence-electron chi connectivity index (χ0n) is 11.8. The molecule has 116 valence electrons. The Labute approximate surface area is 137 Å². The lowest BCUT2D eigenvalue weighted by Gasteiger charge is -2.17. The standard InChI is InChI=1S/C16H15BrFNO2S/c17-13-6-8-16(15(18)10-13)19-22(20,21)14-7-5-11-3-1-2-4-12(11)9-14/h5-10,19H,1-4H2. The van der Waals surface area contributed by atoms with Gasteiger partial charge in [-0.05, 0) is 67.1 Å². The van der Waals surface area contributed by atoms with Gasteiger partial charge < -0.3 is 0 Å². The number of hydrogen-bond acceptors (Lipinski definition) is 2. The number of fused-ring (bicyclic) bond motifs is 1. The van der Waals surface area contributed by atoms with Crippen LogP contribution in [0.1, 0.15) is 24.0 Å². The first kappa shape index (κ1) is 15.5. The number of halogens is 2. The summed E-state index contributed by atoms with van der Waals surface area (Å²) in [6.07, 6.45) is 4.10.